The number of nitrogens with one attached hydrogen (secondary N) is 1. The molecular weight excluding hydrogens is 376 g/mol. The number of carboxylic acids is 1. The summed E-state index contributed by atoms with van der Waals surface area (Å²) in [6.07, 6.45) is 0.766. The van der Waals surface area contributed by atoms with Crippen molar-refractivity contribution in [1.82, 2.24) is 5.32 Å². The number of carboxylic acid groups (broad SMARTS) is 1. The van der Waals surface area contributed by atoms with Gasteiger partial charge < -0.3 is 15.3 Å². The standard InChI is InChI=1S/C21H22N2O4S/c1-23(17-8-3-2-4-9-17)19(25)16-7-5-6-15(14-16)18(24)22-21(20(26)27)10-12-28-13-11-21/h2-9,14H,10-13H2,1H3,(H,22,24)(H,26,27). The molecule has 0 atom stereocenters. The highest BCUT2D eigenvalue weighted by atomic mass is 32.2. The topological polar surface area (TPSA) is 86.7 Å². The third kappa shape index (κ3) is 4.20. The van der Waals surface area contributed by atoms with Crippen LogP contribution in [-0.4, -0.2) is 47.0 Å². The Kier molecular flexibility index (Phi) is 6.04. The zero-order valence-electron chi connectivity index (χ0n) is 15.6. The van der Waals surface area contributed by atoms with E-state index in [2.05, 4.69) is 5.32 Å². The number of carbonyl (C=O) groups is 3. The molecule has 0 aromatic heterocycles. The van der Waals surface area contributed by atoms with Gasteiger partial charge in [-0.15, -0.1) is 0 Å². The van der Waals surface area contributed by atoms with E-state index in [0.717, 1.165) is 5.69 Å². The number of aliphatic carboxylic acids is 1. The maximum Gasteiger partial charge on any atom is 0.329 e. The number of rotatable bonds is 5. The fourth-order valence-electron chi connectivity index (χ4n) is 3.16. The molecule has 1 fully saturated rings. The molecule has 0 aliphatic carbocycles. The molecule has 1 aliphatic heterocycles. The van der Waals surface area contributed by atoms with Crippen LogP contribution in [0.5, 0.6) is 0 Å². The van der Waals surface area contributed by atoms with Gasteiger partial charge in [-0.2, -0.15) is 11.8 Å². The number of benzene rings is 2. The molecule has 3 rings (SSSR count). The van der Waals surface area contributed by atoms with E-state index < -0.39 is 17.4 Å². The normalized spacial score (nSPS) is 15.5. The second kappa shape index (κ2) is 8.48. The summed E-state index contributed by atoms with van der Waals surface area (Å²) >= 11 is 1.68. The summed E-state index contributed by atoms with van der Waals surface area (Å²) in [5.41, 5.74) is 0.129. The lowest BCUT2D eigenvalue weighted by atomic mass is 9.91. The summed E-state index contributed by atoms with van der Waals surface area (Å²) in [5.74, 6) is -0.369. The molecule has 1 saturated heterocycles. The van der Waals surface area contributed by atoms with E-state index in [1.165, 1.54) is 11.0 Å². The van der Waals surface area contributed by atoms with Gasteiger partial charge in [-0.3, -0.25) is 9.59 Å². The number of thioether (sulfide) groups is 1. The summed E-state index contributed by atoms with van der Waals surface area (Å²) in [6, 6.07) is 15.6. The first-order chi connectivity index (χ1) is 13.4. The lowest BCUT2D eigenvalue weighted by Gasteiger charge is -2.33. The molecule has 28 heavy (non-hydrogen) atoms. The van der Waals surface area contributed by atoms with Crippen LogP contribution in [0.3, 0.4) is 0 Å². The average molecular weight is 398 g/mol. The molecule has 6 nitrogen and oxygen atoms in total. The lowest BCUT2D eigenvalue weighted by Crippen LogP contribution is -2.56. The van der Waals surface area contributed by atoms with Crippen LogP contribution >= 0.6 is 11.8 Å². The molecule has 2 aromatic rings. The number of para-hydroxylation sites is 1. The van der Waals surface area contributed by atoms with E-state index in [4.69, 9.17) is 0 Å². The Morgan fingerprint density at radius 2 is 1.64 bits per heavy atom. The van der Waals surface area contributed by atoms with Crippen LogP contribution in [-0.2, 0) is 4.79 Å². The van der Waals surface area contributed by atoms with Gasteiger partial charge >= 0.3 is 5.97 Å². The van der Waals surface area contributed by atoms with E-state index in [0.29, 0.717) is 29.9 Å². The molecule has 2 amide bonds. The summed E-state index contributed by atoms with van der Waals surface area (Å²) in [7, 11) is 1.67. The maximum atomic E-state index is 12.8. The summed E-state index contributed by atoms with van der Waals surface area (Å²) in [5, 5.41) is 12.3. The third-order valence-corrected chi connectivity index (χ3v) is 5.91. The minimum Gasteiger partial charge on any atom is -0.480 e. The van der Waals surface area contributed by atoms with Crippen molar-refractivity contribution in [3.8, 4) is 0 Å². The van der Waals surface area contributed by atoms with Crippen LogP contribution in [0.25, 0.3) is 0 Å². The highest BCUT2D eigenvalue weighted by Gasteiger charge is 2.41. The Bertz CT molecular complexity index is 879. The van der Waals surface area contributed by atoms with Crippen LogP contribution in [0.15, 0.2) is 54.6 Å². The smallest absolute Gasteiger partial charge is 0.329 e. The highest BCUT2D eigenvalue weighted by Crippen LogP contribution is 2.28. The monoisotopic (exact) mass is 398 g/mol. The Labute approximate surface area is 167 Å². The molecule has 1 heterocycles. The number of hydrogen-bond acceptors (Lipinski definition) is 4. The van der Waals surface area contributed by atoms with E-state index in [1.54, 1.807) is 37.0 Å². The summed E-state index contributed by atoms with van der Waals surface area (Å²) in [6.45, 7) is 0. The molecule has 0 saturated carbocycles. The van der Waals surface area contributed by atoms with Crippen molar-refractivity contribution in [2.24, 2.45) is 0 Å². The molecule has 1 aliphatic rings. The van der Waals surface area contributed by atoms with Crippen molar-refractivity contribution in [2.75, 3.05) is 23.5 Å². The predicted octanol–water partition coefficient (Wildman–Crippen LogP) is 3.04. The fraction of sp³-hybridized carbons (Fsp3) is 0.286. The first kappa shape index (κ1) is 19.9. The number of anilines is 1. The van der Waals surface area contributed by atoms with E-state index in [9.17, 15) is 19.5 Å². The Balaban J connectivity index is 1.79. The average Bonchev–Trinajstić information content (AvgIpc) is 2.74. The van der Waals surface area contributed by atoms with Gasteiger partial charge in [-0.05, 0) is 54.7 Å². The fourth-order valence-corrected chi connectivity index (χ4v) is 4.35. The molecule has 0 bridgehead atoms. The maximum absolute atomic E-state index is 12.8. The van der Waals surface area contributed by atoms with Crippen molar-refractivity contribution in [1.29, 1.82) is 0 Å². The SMILES string of the molecule is CN(C(=O)c1cccc(C(=O)NC2(C(=O)O)CCSCC2)c1)c1ccccc1. The van der Waals surface area contributed by atoms with E-state index in [1.807, 2.05) is 30.3 Å². The van der Waals surface area contributed by atoms with Crippen molar-refractivity contribution >= 4 is 35.2 Å². The van der Waals surface area contributed by atoms with Crippen molar-refractivity contribution < 1.29 is 19.5 Å². The zero-order chi connectivity index (χ0) is 20.1. The van der Waals surface area contributed by atoms with Crippen LogP contribution in [0.1, 0.15) is 33.6 Å². The Morgan fingerprint density at radius 3 is 2.29 bits per heavy atom. The molecule has 0 unspecified atom stereocenters. The zero-order valence-corrected chi connectivity index (χ0v) is 16.4. The van der Waals surface area contributed by atoms with Gasteiger partial charge in [-0.1, -0.05) is 24.3 Å². The molecule has 0 radical (unpaired) electrons. The highest BCUT2D eigenvalue weighted by molar-refractivity contribution is 7.99. The van der Waals surface area contributed by atoms with Crippen LogP contribution in [0, 0.1) is 0 Å². The van der Waals surface area contributed by atoms with Crippen LogP contribution in [0.2, 0.25) is 0 Å². The molecule has 2 aromatic carbocycles. The van der Waals surface area contributed by atoms with Gasteiger partial charge in [0.15, 0.2) is 0 Å². The Hall–Kier alpha value is -2.80. The first-order valence-corrected chi connectivity index (χ1v) is 10.2. The number of hydrogen-bond donors (Lipinski definition) is 2. The van der Waals surface area contributed by atoms with Gasteiger partial charge in [0.1, 0.15) is 5.54 Å². The quantitative estimate of drug-likeness (QED) is 0.808. The number of amides is 2. The minimum atomic E-state index is -1.25. The summed E-state index contributed by atoms with van der Waals surface area (Å²) in [4.78, 5) is 38.8. The molecular formula is C21H22N2O4S. The van der Waals surface area contributed by atoms with Crippen molar-refractivity contribution in [2.45, 2.75) is 18.4 Å². The largest absolute Gasteiger partial charge is 0.480 e. The van der Waals surface area contributed by atoms with E-state index >= 15 is 0 Å². The summed E-state index contributed by atoms with van der Waals surface area (Å²) < 4.78 is 0. The van der Waals surface area contributed by atoms with Crippen LogP contribution < -0.4 is 10.2 Å². The van der Waals surface area contributed by atoms with E-state index in [-0.39, 0.29) is 11.5 Å². The van der Waals surface area contributed by atoms with Gasteiger partial charge in [0.05, 0.1) is 0 Å². The second-order valence-electron chi connectivity index (χ2n) is 6.73. The number of nitrogens with zero attached hydrogens (tertiary/aromatic N) is 1. The lowest BCUT2D eigenvalue weighted by molar-refractivity contribution is -0.144. The van der Waals surface area contributed by atoms with Crippen molar-refractivity contribution in [3.05, 3.63) is 65.7 Å². The molecule has 2 N–H and O–H groups in total. The van der Waals surface area contributed by atoms with Gasteiger partial charge in [0.25, 0.3) is 11.8 Å². The van der Waals surface area contributed by atoms with Crippen molar-refractivity contribution in [3.63, 3.8) is 0 Å². The molecule has 7 heteroatoms. The molecule has 146 valence electrons. The predicted molar refractivity (Wildman–Crippen MR) is 110 cm³/mol. The van der Waals surface area contributed by atoms with Crippen LogP contribution in [0.4, 0.5) is 5.69 Å². The minimum absolute atomic E-state index is 0.247. The Morgan fingerprint density at radius 1 is 1.00 bits per heavy atom. The molecule has 0 spiro atoms. The first-order valence-electron chi connectivity index (χ1n) is 9.00. The number of carbonyl (C=O) groups excluding carboxylic acids is 2. The third-order valence-electron chi connectivity index (χ3n) is 4.93. The van der Waals surface area contributed by atoms with Gasteiger partial charge in [0, 0.05) is 23.9 Å². The second-order valence-corrected chi connectivity index (χ2v) is 7.96. The van der Waals surface area contributed by atoms with Gasteiger partial charge in [0.2, 0.25) is 0 Å². The van der Waals surface area contributed by atoms with Gasteiger partial charge in [-0.25, -0.2) is 4.79 Å².